The normalized spacial score (nSPS) is 10.7. The van der Waals surface area contributed by atoms with E-state index in [0.717, 1.165) is 18.0 Å². The maximum Gasteiger partial charge on any atom is 0.237 e. The number of nitrogens with zero attached hydrogens (tertiary/aromatic N) is 2. The van der Waals surface area contributed by atoms with E-state index in [-0.39, 0.29) is 0 Å². The number of benzene rings is 1. The van der Waals surface area contributed by atoms with Gasteiger partial charge in [0.2, 0.25) is 5.88 Å². The van der Waals surface area contributed by atoms with Crippen molar-refractivity contribution in [1.82, 2.24) is 15.3 Å². The third kappa shape index (κ3) is 4.34. The van der Waals surface area contributed by atoms with Crippen LogP contribution in [0.3, 0.4) is 0 Å². The predicted molar refractivity (Wildman–Crippen MR) is 75.3 cm³/mol. The molecule has 1 heterocycles. The van der Waals surface area contributed by atoms with E-state index in [9.17, 15) is 0 Å². The van der Waals surface area contributed by atoms with E-state index < -0.39 is 0 Å². The summed E-state index contributed by atoms with van der Waals surface area (Å²) < 4.78 is 5.62. The first-order valence-electron chi connectivity index (χ1n) is 6.42. The molecule has 1 aromatic heterocycles. The fourth-order valence-corrected chi connectivity index (χ4v) is 1.52. The highest BCUT2D eigenvalue weighted by atomic mass is 16.5. The maximum atomic E-state index is 5.62. The van der Waals surface area contributed by atoms with Gasteiger partial charge in [0, 0.05) is 12.6 Å². The molecule has 0 saturated carbocycles. The number of aryl methyl sites for hydroxylation is 1. The lowest BCUT2D eigenvalue weighted by Gasteiger charge is -2.08. The molecular weight excluding hydrogens is 238 g/mol. The Morgan fingerprint density at radius 3 is 2.42 bits per heavy atom. The maximum absolute atomic E-state index is 5.62. The van der Waals surface area contributed by atoms with Crippen LogP contribution >= 0.6 is 0 Å². The molecule has 2 rings (SSSR count). The smallest absolute Gasteiger partial charge is 0.237 e. The van der Waals surface area contributed by atoms with E-state index >= 15 is 0 Å². The molecule has 0 aliphatic heterocycles. The van der Waals surface area contributed by atoms with Crippen LogP contribution in [-0.4, -0.2) is 16.0 Å². The zero-order valence-electron chi connectivity index (χ0n) is 11.6. The molecule has 2 aromatic rings. The lowest BCUT2D eigenvalue weighted by atomic mass is 10.2. The van der Waals surface area contributed by atoms with Gasteiger partial charge in [0.25, 0.3) is 0 Å². The quantitative estimate of drug-likeness (QED) is 0.894. The molecule has 0 saturated heterocycles. The lowest BCUT2D eigenvalue weighted by molar-refractivity contribution is 0.458. The van der Waals surface area contributed by atoms with Gasteiger partial charge < -0.3 is 10.1 Å². The van der Waals surface area contributed by atoms with Crippen LogP contribution in [0.2, 0.25) is 0 Å². The van der Waals surface area contributed by atoms with Crippen molar-refractivity contribution in [3.8, 4) is 11.6 Å². The van der Waals surface area contributed by atoms with Crippen molar-refractivity contribution < 1.29 is 4.74 Å². The van der Waals surface area contributed by atoms with Crippen molar-refractivity contribution in [3.63, 3.8) is 0 Å². The second kappa shape index (κ2) is 6.29. The molecule has 1 aromatic carbocycles. The molecule has 4 nitrogen and oxygen atoms in total. The number of ether oxygens (including phenoxy) is 1. The van der Waals surface area contributed by atoms with Crippen LogP contribution in [0, 0.1) is 6.92 Å². The molecule has 0 atom stereocenters. The first kappa shape index (κ1) is 13.5. The largest absolute Gasteiger partial charge is 0.438 e. The standard InChI is InChI=1S/C15H19N3O/c1-11(2)16-8-13-9-18-15(10-17-13)19-14-6-4-12(3)5-7-14/h4-7,9-11,16H,8H2,1-3H3. The number of hydrogen-bond acceptors (Lipinski definition) is 4. The van der Waals surface area contributed by atoms with Gasteiger partial charge in [-0.15, -0.1) is 0 Å². The summed E-state index contributed by atoms with van der Waals surface area (Å²) in [7, 11) is 0. The Balaban J connectivity index is 1.96. The van der Waals surface area contributed by atoms with Crippen LogP contribution in [0.5, 0.6) is 11.6 Å². The highest BCUT2D eigenvalue weighted by Gasteiger charge is 2.01. The zero-order chi connectivity index (χ0) is 13.7. The average Bonchev–Trinajstić information content (AvgIpc) is 2.40. The third-order valence-electron chi connectivity index (χ3n) is 2.62. The fourth-order valence-electron chi connectivity index (χ4n) is 1.52. The Kier molecular flexibility index (Phi) is 4.47. The molecule has 0 radical (unpaired) electrons. The zero-order valence-corrected chi connectivity index (χ0v) is 11.6. The summed E-state index contributed by atoms with van der Waals surface area (Å²) in [4.78, 5) is 8.56. The van der Waals surface area contributed by atoms with Gasteiger partial charge >= 0.3 is 0 Å². The van der Waals surface area contributed by atoms with Crippen LogP contribution in [0.4, 0.5) is 0 Å². The Morgan fingerprint density at radius 2 is 1.84 bits per heavy atom. The summed E-state index contributed by atoms with van der Waals surface area (Å²) in [6.45, 7) is 6.96. The highest BCUT2D eigenvalue weighted by molar-refractivity contribution is 5.29. The molecule has 4 heteroatoms. The summed E-state index contributed by atoms with van der Waals surface area (Å²) in [6.07, 6.45) is 3.39. The van der Waals surface area contributed by atoms with E-state index in [1.807, 2.05) is 31.2 Å². The van der Waals surface area contributed by atoms with Gasteiger partial charge in [-0.1, -0.05) is 31.5 Å². The Bertz CT molecular complexity index is 506. The summed E-state index contributed by atoms with van der Waals surface area (Å²) in [5, 5.41) is 3.29. The summed E-state index contributed by atoms with van der Waals surface area (Å²) in [5.74, 6) is 1.28. The van der Waals surface area contributed by atoms with Gasteiger partial charge in [-0.2, -0.15) is 0 Å². The SMILES string of the molecule is Cc1ccc(Oc2cnc(CNC(C)C)cn2)cc1. The molecule has 0 bridgehead atoms. The van der Waals surface area contributed by atoms with Crippen LogP contribution in [-0.2, 0) is 6.54 Å². The van der Waals surface area contributed by atoms with E-state index in [1.54, 1.807) is 12.4 Å². The Morgan fingerprint density at radius 1 is 1.11 bits per heavy atom. The minimum atomic E-state index is 0.435. The van der Waals surface area contributed by atoms with Gasteiger partial charge in [0.05, 0.1) is 18.1 Å². The highest BCUT2D eigenvalue weighted by Crippen LogP contribution is 2.18. The van der Waals surface area contributed by atoms with Crippen molar-refractivity contribution >= 4 is 0 Å². The van der Waals surface area contributed by atoms with Gasteiger partial charge in [-0.3, -0.25) is 4.98 Å². The number of rotatable bonds is 5. The van der Waals surface area contributed by atoms with Crippen LogP contribution in [0.1, 0.15) is 25.1 Å². The first-order valence-corrected chi connectivity index (χ1v) is 6.42. The van der Waals surface area contributed by atoms with Crippen LogP contribution in [0.25, 0.3) is 0 Å². The van der Waals surface area contributed by atoms with Crippen LogP contribution < -0.4 is 10.1 Å². The molecule has 0 unspecified atom stereocenters. The lowest BCUT2D eigenvalue weighted by Crippen LogP contribution is -2.22. The molecule has 0 aliphatic rings. The number of aromatic nitrogens is 2. The van der Waals surface area contributed by atoms with E-state index in [2.05, 4.69) is 29.1 Å². The number of nitrogens with one attached hydrogen (secondary N) is 1. The second-order valence-electron chi connectivity index (χ2n) is 4.80. The summed E-state index contributed by atoms with van der Waals surface area (Å²) in [5.41, 5.74) is 2.11. The van der Waals surface area contributed by atoms with Gasteiger partial charge in [-0.05, 0) is 19.1 Å². The van der Waals surface area contributed by atoms with Crippen molar-refractivity contribution in [2.45, 2.75) is 33.4 Å². The molecule has 0 amide bonds. The van der Waals surface area contributed by atoms with E-state index in [1.165, 1.54) is 5.56 Å². The summed E-state index contributed by atoms with van der Waals surface area (Å²) in [6, 6.07) is 8.29. The van der Waals surface area contributed by atoms with Crippen molar-refractivity contribution in [1.29, 1.82) is 0 Å². The molecule has 0 spiro atoms. The number of hydrogen-bond donors (Lipinski definition) is 1. The molecule has 100 valence electrons. The van der Waals surface area contributed by atoms with Crippen molar-refractivity contribution in [3.05, 3.63) is 47.9 Å². The average molecular weight is 257 g/mol. The predicted octanol–water partition coefficient (Wildman–Crippen LogP) is 3.08. The van der Waals surface area contributed by atoms with Crippen molar-refractivity contribution in [2.75, 3.05) is 0 Å². The molecule has 0 aliphatic carbocycles. The van der Waals surface area contributed by atoms with Crippen molar-refractivity contribution in [2.24, 2.45) is 0 Å². The topological polar surface area (TPSA) is 47.0 Å². The monoisotopic (exact) mass is 257 g/mol. The van der Waals surface area contributed by atoms with Gasteiger partial charge in [0.15, 0.2) is 0 Å². The molecular formula is C15H19N3O. The second-order valence-corrected chi connectivity index (χ2v) is 4.80. The van der Waals surface area contributed by atoms with Gasteiger partial charge in [0.1, 0.15) is 5.75 Å². The fraction of sp³-hybridized carbons (Fsp3) is 0.333. The van der Waals surface area contributed by atoms with Gasteiger partial charge in [-0.25, -0.2) is 4.98 Å². The third-order valence-corrected chi connectivity index (χ3v) is 2.62. The molecule has 1 N–H and O–H groups in total. The van der Waals surface area contributed by atoms with E-state index in [0.29, 0.717) is 11.9 Å². The minimum Gasteiger partial charge on any atom is -0.438 e. The molecule has 19 heavy (non-hydrogen) atoms. The van der Waals surface area contributed by atoms with E-state index in [4.69, 9.17) is 4.74 Å². The Hall–Kier alpha value is -1.94. The molecule has 0 fully saturated rings. The minimum absolute atomic E-state index is 0.435. The van der Waals surface area contributed by atoms with Crippen LogP contribution in [0.15, 0.2) is 36.7 Å². The summed E-state index contributed by atoms with van der Waals surface area (Å²) >= 11 is 0. The Labute approximate surface area is 113 Å². The first-order chi connectivity index (χ1) is 9.13.